The summed E-state index contributed by atoms with van der Waals surface area (Å²) in [5.41, 5.74) is 0.905. The van der Waals surface area contributed by atoms with Crippen molar-refractivity contribution in [3.63, 3.8) is 0 Å². The quantitative estimate of drug-likeness (QED) is 0.894. The molecule has 132 valence electrons. The Balaban J connectivity index is 1.36. The van der Waals surface area contributed by atoms with Gasteiger partial charge in [-0.15, -0.1) is 0 Å². The van der Waals surface area contributed by atoms with Crippen LogP contribution in [0.3, 0.4) is 0 Å². The zero-order valence-corrected chi connectivity index (χ0v) is 15.1. The van der Waals surface area contributed by atoms with Crippen LogP contribution >= 0.6 is 11.3 Å². The summed E-state index contributed by atoms with van der Waals surface area (Å²) >= 11 is 1.60. The number of hydrogen-bond donors (Lipinski definition) is 1. The lowest BCUT2D eigenvalue weighted by atomic mass is 9.73. The van der Waals surface area contributed by atoms with Crippen LogP contribution < -0.4 is 10.1 Å². The Morgan fingerprint density at radius 1 is 1.36 bits per heavy atom. The van der Waals surface area contributed by atoms with Gasteiger partial charge in [0.2, 0.25) is 0 Å². The Morgan fingerprint density at radius 2 is 2.24 bits per heavy atom. The highest BCUT2D eigenvalue weighted by molar-refractivity contribution is 7.22. The number of nitrogens with zero attached hydrogens (tertiary/aromatic N) is 3. The summed E-state index contributed by atoms with van der Waals surface area (Å²) in [7, 11) is 1.68. The number of aliphatic imine (C=N–C) groups is 1. The standard InChI is InChI=1S/C18H22N4O2S/c1-23-13-2-3-14-15(10-13)25-17(20-14)21-16-19-7-6-18(24-16)11-22-8-4-12(18)5-9-22/h2-3,10,12H,4-9,11H2,1H3,(H,19,20,21). The van der Waals surface area contributed by atoms with Gasteiger partial charge in [-0.3, -0.25) is 10.2 Å². The van der Waals surface area contributed by atoms with Crippen molar-refractivity contribution in [1.82, 2.24) is 9.88 Å². The Morgan fingerprint density at radius 3 is 3.00 bits per heavy atom. The first kappa shape index (κ1) is 15.4. The molecule has 0 amide bonds. The highest BCUT2D eigenvalue weighted by Crippen LogP contribution is 2.42. The lowest BCUT2D eigenvalue weighted by molar-refractivity contribution is -0.109. The van der Waals surface area contributed by atoms with Crippen molar-refractivity contribution in [2.45, 2.75) is 24.9 Å². The number of piperidine rings is 3. The van der Waals surface area contributed by atoms with Gasteiger partial charge in [-0.25, -0.2) is 9.98 Å². The number of nitrogens with one attached hydrogen (secondary N) is 1. The smallest absolute Gasteiger partial charge is 0.291 e. The van der Waals surface area contributed by atoms with Crippen molar-refractivity contribution in [3.8, 4) is 5.75 Å². The number of benzene rings is 1. The molecule has 1 unspecified atom stereocenters. The first-order chi connectivity index (χ1) is 12.2. The predicted octanol–water partition coefficient (Wildman–Crippen LogP) is 2.96. The van der Waals surface area contributed by atoms with Crippen molar-refractivity contribution < 1.29 is 9.47 Å². The lowest BCUT2D eigenvalue weighted by Gasteiger charge is -2.53. The Hall–Kier alpha value is -1.86. The molecule has 1 aromatic heterocycles. The molecule has 4 aliphatic rings. The van der Waals surface area contributed by atoms with E-state index in [0.717, 1.165) is 40.6 Å². The third-order valence-electron chi connectivity index (χ3n) is 5.72. The highest BCUT2D eigenvalue weighted by atomic mass is 32.1. The molecule has 3 saturated heterocycles. The molecule has 6 rings (SSSR count). The number of methoxy groups -OCH3 is 1. The Bertz CT molecular complexity index is 828. The van der Waals surface area contributed by atoms with Crippen LogP contribution in [-0.2, 0) is 4.74 Å². The van der Waals surface area contributed by atoms with Gasteiger partial charge in [0, 0.05) is 25.4 Å². The van der Waals surface area contributed by atoms with Crippen LogP contribution in [0.5, 0.6) is 5.75 Å². The van der Waals surface area contributed by atoms with Gasteiger partial charge < -0.3 is 9.47 Å². The summed E-state index contributed by atoms with van der Waals surface area (Å²) in [5, 5.41) is 4.13. The van der Waals surface area contributed by atoms with Crippen molar-refractivity contribution in [3.05, 3.63) is 18.2 Å². The van der Waals surface area contributed by atoms with Crippen molar-refractivity contribution in [2.24, 2.45) is 10.9 Å². The van der Waals surface area contributed by atoms with E-state index in [4.69, 9.17) is 9.47 Å². The summed E-state index contributed by atoms with van der Waals surface area (Å²) < 4.78 is 12.8. The number of fused-ring (bicyclic) bond motifs is 3. The van der Waals surface area contributed by atoms with Crippen LogP contribution in [0, 0.1) is 5.92 Å². The number of ether oxygens (including phenoxy) is 2. The average Bonchev–Trinajstić information content (AvgIpc) is 3.03. The second kappa shape index (κ2) is 5.85. The molecule has 1 atom stereocenters. The fourth-order valence-corrected chi connectivity index (χ4v) is 5.27. The topological polar surface area (TPSA) is 59.0 Å². The fraction of sp³-hybridized carbons (Fsp3) is 0.556. The molecule has 4 aliphatic heterocycles. The zero-order chi connectivity index (χ0) is 16.9. The molecule has 2 bridgehead atoms. The van der Waals surface area contributed by atoms with E-state index in [1.807, 2.05) is 18.2 Å². The van der Waals surface area contributed by atoms with Crippen molar-refractivity contribution in [2.75, 3.05) is 38.6 Å². The van der Waals surface area contributed by atoms with E-state index in [-0.39, 0.29) is 5.60 Å². The van der Waals surface area contributed by atoms with Gasteiger partial charge in [-0.2, -0.15) is 0 Å². The van der Waals surface area contributed by atoms with Crippen LogP contribution in [0.1, 0.15) is 19.3 Å². The average molecular weight is 358 g/mol. The largest absolute Gasteiger partial charge is 0.497 e. The van der Waals surface area contributed by atoms with Gasteiger partial charge in [0.1, 0.15) is 11.4 Å². The maximum absolute atomic E-state index is 6.43. The summed E-state index contributed by atoms with van der Waals surface area (Å²) in [6.45, 7) is 4.30. The molecule has 3 fully saturated rings. The minimum Gasteiger partial charge on any atom is -0.497 e. The molecule has 1 N–H and O–H groups in total. The molecule has 6 nitrogen and oxygen atoms in total. The highest BCUT2D eigenvalue weighted by Gasteiger charge is 2.50. The number of aromatic nitrogens is 1. The summed E-state index contributed by atoms with van der Waals surface area (Å²) in [6.07, 6.45) is 3.51. The molecule has 0 aliphatic carbocycles. The SMILES string of the molecule is COc1ccc2nc(NC3=NCCC4(CN5CCC4CC5)O3)sc2c1. The molecule has 0 saturated carbocycles. The molecule has 1 spiro atoms. The normalized spacial score (nSPS) is 31.0. The van der Waals surface area contributed by atoms with Crippen LogP contribution in [0.4, 0.5) is 5.13 Å². The van der Waals surface area contributed by atoms with Gasteiger partial charge in [-0.05, 0) is 44.1 Å². The van der Waals surface area contributed by atoms with Crippen LogP contribution in [-0.4, -0.2) is 54.8 Å². The van der Waals surface area contributed by atoms with Gasteiger partial charge >= 0.3 is 0 Å². The molecular weight excluding hydrogens is 336 g/mol. The van der Waals surface area contributed by atoms with Crippen LogP contribution in [0.15, 0.2) is 23.2 Å². The lowest BCUT2D eigenvalue weighted by Crippen LogP contribution is -2.62. The fourth-order valence-electron chi connectivity index (χ4n) is 4.39. The Labute approximate surface area is 150 Å². The van der Waals surface area contributed by atoms with E-state index < -0.39 is 0 Å². The van der Waals surface area contributed by atoms with E-state index in [0.29, 0.717) is 11.9 Å². The van der Waals surface area contributed by atoms with E-state index in [1.54, 1.807) is 18.4 Å². The van der Waals surface area contributed by atoms with Crippen molar-refractivity contribution in [1.29, 1.82) is 0 Å². The second-order valence-corrected chi connectivity index (χ2v) is 8.16. The minimum atomic E-state index is -0.0551. The number of thiazole rings is 1. The number of hydrogen-bond acceptors (Lipinski definition) is 7. The van der Waals surface area contributed by atoms with E-state index in [2.05, 4.69) is 20.2 Å². The number of amidine groups is 1. The minimum absolute atomic E-state index is 0.0551. The maximum atomic E-state index is 6.43. The summed E-state index contributed by atoms with van der Waals surface area (Å²) in [6, 6.07) is 6.55. The third kappa shape index (κ3) is 2.66. The third-order valence-corrected chi connectivity index (χ3v) is 6.66. The number of anilines is 1. The Kier molecular flexibility index (Phi) is 3.60. The molecule has 1 aromatic carbocycles. The summed E-state index contributed by atoms with van der Waals surface area (Å²) in [4.78, 5) is 11.7. The molecule has 0 radical (unpaired) electrons. The summed E-state index contributed by atoms with van der Waals surface area (Å²) in [5.74, 6) is 1.50. The number of rotatable bonds is 2. The molecule has 7 heteroatoms. The van der Waals surface area contributed by atoms with Crippen molar-refractivity contribution >= 4 is 32.7 Å². The van der Waals surface area contributed by atoms with E-state index >= 15 is 0 Å². The van der Waals surface area contributed by atoms with E-state index in [9.17, 15) is 0 Å². The second-order valence-electron chi connectivity index (χ2n) is 7.13. The first-order valence-corrected chi connectivity index (χ1v) is 9.73. The predicted molar refractivity (Wildman–Crippen MR) is 99.7 cm³/mol. The maximum Gasteiger partial charge on any atom is 0.291 e. The van der Waals surface area contributed by atoms with Crippen LogP contribution in [0.25, 0.3) is 10.2 Å². The van der Waals surface area contributed by atoms with Gasteiger partial charge in [0.15, 0.2) is 5.13 Å². The molecule has 25 heavy (non-hydrogen) atoms. The molecular formula is C18H22N4O2S. The molecule has 2 aromatic rings. The van der Waals surface area contributed by atoms with E-state index in [1.165, 1.54) is 25.9 Å². The molecule has 5 heterocycles. The van der Waals surface area contributed by atoms with Gasteiger partial charge in [-0.1, -0.05) is 11.3 Å². The monoisotopic (exact) mass is 358 g/mol. The van der Waals surface area contributed by atoms with Gasteiger partial charge in [0.05, 0.1) is 17.3 Å². The first-order valence-electron chi connectivity index (χ1n) is 8.91. The van der Waals surface area contributed by atoms with Crippen LogP contribution in [0.2, 0.25) is 0 Å². The zero-order valence-electron chi connectivity index (χ0n) is 14.3. The van der Waals surface area contributed by atoms with Gasteiger partial charge in [0.25, 0.3) is 6.02 Å².